The second-order valence-electron chi connectivity index (χ2n) is 17.8. The zero-order valence-corrected chi connectivity index (χ0v) is 31.6. The van der Waals surface area contributed by atoms with Crippen molar-refractivity contribution in [3.8, 4) is 0 Å². The van der Waals surface area contributed by atoms with Gasteiger partial charge in [-0.1, -0.05) is 60.1 Å². The van der Waals surface area contributed by atoms with Crippen LogP contribution in [0.3, 0.4) is 0 Å². The van der Waals surface area contributed by atoms with Crippen LogP contribution in [0, 0.1) is 60.4 Å². The van der Waals surface area contributed by atoms with E-state index in [2.05, 4.69) is 59.4 Å². The van der Waals surface area contributed by atoms with Gasteiger partial charge in [0.1, 0.15) is 25.4 Å². The average molecular weight is 711 g/mol. The van der Waals surface area contributed by atoms with Crippen molar-refractivity contribution in [2.24, 2.45) is 56.0 Å². The number of rotatable bonds is 9. The van der Waals surface area contributed by atoms with Gasteiger partial charge in [-0.15, -0.1) is 22.5 Å². The molecule has 2 N–H and O–H groups in total. The Morgan fingerprint density at radius 3 is 2.24 bits per heavy atom. The monoisotopic (exact) mass is 710 g/mol. The van der Waals surface area contributed by atoms with E-state index in [0.29, 0.717) is 18.3 Å². The molecule has 4 saturated carbocycles. The third-order valence-corrected chi connectivity index (χ3v) is 14.5. The number of hydrogen-bond acceptors (Lipinski definition) is 10. The van der Waals surface area contributed by atoms with E-state index in [1.807, 2.05) is 0 Å². The standard InChI is InChI=1S/C37H58N2O9.ClH/c1-23(38)30(41)45-19-20-46-31(42)37-17-15-32(2,3)21-25(37)24-9-10-27-34(6)13-12-28(48-29(40)22-47-39(43)44)33(4,5)26(34)11-14-36(27,8)35(24,7)16-18-37;/h9,23,25-28H,10-22,38H2,1-8H3;1H/t23-,25-,26-,27+,28-,34-,35+,36+,37-;/m0./s1. The van der Waals surface area contributed by atoms with Crippen molar-refractivity contribution in [2.75, 3.05) is 19.8 Å². The van der Waals surface area contributed by atoms with E-state index in [1.165, 1.54) is 5.57 Å². The molecule has 12 heteroatoms. The fourth-order valence-corrected chi connectivity index (χ4v) is 11.6. The van der Waals surface area contributed by atoms with Crippen molar-refractivity contribution in [2.45, 2.75) is 132 Å². The van der Waals surface area contributed by atoms with E-state index in [4.69, 9.17) is 19.9 Å². The Hall–Kier alpha value is -2.40. The van der Waals surface area contributed by atoms with Crippen LogP contribution < -0.4 is 5.73 Å². The maximum absolute atomic E-state index is 14.1. The van der Waals surface area contributed by atoms with Gasteiger partial charge in [0.15, 0.2) is 6.61 Å². The Bertz CT molecular complexity index is 1350. The van der Waals surface area contributed by atoms with E-state index < -0.39 is 35.1 Å². The molecule has 0 aliphatic heterocycles. The molecule has 5 rings (SSSR count). The van der Waals surface area contributed by atoms with E-state index in [0.717, 1.165) is 57.8 Å². The molecule has 0 radical (unpaired) electrons. The topological polar surface area (TPSA) is 157 Å². The first-order chi connectivity index (χ1) is 22.2. The molecule has 0 spiro atoms. The molecule has 0 heterocycles. The van der Waals surface area contributed by atoms with Crippen molar-refractivity contribution >= 4 is 30.3 Å². The highest BCUT2D eigenvalue weighted by molar-refractivity contribution is 5.85. The van der Waals surface area contributed by atoms with Crippen LogP contribution in [-0.2, 0) is 33.4 Å². The highest BCUT2D eigenvalue weighted by Crippen LogP contribution is 2.76. The summed E-state index contributed by atoms with van der Waals surface area (Å²) in [6, 6.07) is -0.720. The first kappa shape index (κ1) is 39.4. The number of hydrogen-bond donors (Lipinski definition) is 1. The van der Waals surface area contributed by atoms with Crippen LogP contribution in [0.5, 0.6) is 0 Å². The van der Waals surface area contributed by atoms with Gasteiger partial charge in [0.25, 0.3) is 5.09 Å². The van der Waals surface area contributed by atoms with Crippen molar-refractivity contribution in [3.63, 3.8) is 0 Å². The van der Waals surface area contributed by atoms with Crippen LogP contribution in [0.2, 0.25) is 0 Å². The van der Waals surface area contributed by atoms with Gasteiger partial charge in [-0.25, -0.2) is 4.79 Å². The molecule has 0 aromatic rings. The Morgan fingerprint density at radius 1 is 0.939 bits per heavy atom. The maximum Gasteiger partial charge on any atom is 0.332 e. The number of ether oxygens (including phenoxy) is 3. The number of allylic oxidation sites excluding steroid dienone is 2. The van der Waals surface area contributed by atoms with Crippen molar-refractivity contribution < 1.29 is 38.5 Å². The van der Waals surface area contributed by atoms with Gasteiger partial charge in [-0.2, -0.15) is 0 Å². The van der Waals surface area contributed by atoms with Crippen LogP contribution in [-0.4, -0.2) is 55.0 Å². The number of carbonyl (C=O) groups excluding carboxylic acids is 3. The Morgan fingerprint density at radius 2 is 1.59 bits per heavy atom. The van der Waals surface area contributed by atoms with Gasteiger partial charge in [-0.3, -0.25) is 9.59 Å². The summed E-state index contributed by atoms with van der Waals surface area (Å²) in [7, 11) is 0. The summed E-state index contributed by atoms with van der Waals surface area (Å²) in [6.45, 7) is 17.3. The van der Waals surface area contributed by atoms with Gasteiger partial charge in [-0.05, 0) is 111 Å². The largest absolute Gasteiger partial charge is 0.462 e. The summed E-state index contributed by atoms with van der Waals surface area (Å²) >= 11 is 0. The molecule has 5 aliphatic rings. The van der Waals surface area contributed by atoms with Crippen LogP contribution in [0.1, 0.15) is 120 Å². The SMILES string of the molecule is C[C@H](N)C(=O)OCCOC(=O)[C@]12CCC(C)(C)C[C@H]1C1=CC[C@@H]3[C@@]4(C)CC[C@H](OC(=O)CO[N+](=O)[O-])C(C)(C)[C@@H]4CC[C@@]3(C)[C@]1(C)CC2.Cl. The van der Waals surface area contributed by atoms with Gasteiger partial charge in [0.2, 0.25) is 0 Å². The molecule has 4 fully saturated rings. The Balaban J connectivity index is 0.00000541. The molecular weight excluding hydrogens is 652 g/mol. The molecule has 49 heavy (non-hydrogen) atoms. The predicted molar refractivity (Wildman–Crippen MR) is 185 cm³/mol. The predicted octanol–water partition coefficient (Wildman–Crippen LogP) is 6.76. The normalized spacial score (nSPS) is 39.1. The first-order valence-corrected chi connectivity index (χ1v) is 18.0. The summed E-state index contributed by atoms with van der Waals surface area (Å²) in [5.74, 6) is -0.542. The molecule has 0 aromatic heterocycles. The molecule has 0 unspecified atom stereocenters. The molecule has 5 aliphatic carbocycles. The summed E-state index contributed by atoms with van der Waals surface area (Å²) in [6.07, 6.45) is 11.2. The van der Waals surface area contributed by atoms with Crippen LogP contribution in [0.4, 0.5) is 0 Å². The second kappa shape index (κ2) is 13.6. The quantitative estimate of drug-likeness (QED) is 0.0677. The second-order valence-corrected chi connectivity index (χ2v) is 17.8. The van der Waals surface area contributed by atoms with Crippen molar-refractivity contribution in [3.05, 3.63) is 21.8 Å². The number of halogens is 1. The van der Waals surface area contributed by atoms with Crippen molar-refractivity contribution in [1.29, 1.82) is 0 Å². The minimum absolute atomic E-state index is 0. The first-order valence-electron chi connectivity index (χ1n) is 18.0. The van der Waals surface area contributed by atoms with Gasteiger partial charge >= 0.3 is 17.9 Å². The van der Waals surface area contributed by atoms with Gasteiger partial charge in [0.05, 0.1) is 5.41 Å². The Kier molecular flexibility index (Phi) is 10.9. The Labute approximate surface area is 297 Å². The molecule has 9 atom stereocenters. The molecule has 0 aromatic carbocycles. The lowest BCUT2D eigenvalue weighted by Gasteiger charge is -2.71. The average Bonchev–Trinajstić information content (AvgIpc) is 2.99. The number of carbonyl (C=O) groups is 3. The van der Waals surface area contributed by atoms with Crippen LogP contribution in [0.15, 0.2) is 11.6 Å². The lowest BCUT2D eigenvalue weighted by Crippen LogP contribution is -2.65. The van der Waals surface area contributed by atoms with Gasteiger partial charge < -0.3 is 24.8 Å². The lowest BCUT2D eigenvalue weighted by atomic mass is 9.33. The summed E-state index contributed by atoms with van der Waals surface area (Å²) in [5.41, 5.74) is 6.22. The van der Waals surface area contributed by atoms with E-state index in [9.17, 15) is 24.5 Å². The highest BCUT2D eigenvalue weighted by Gasteiger charge is 2.69. The molecule has 0 amide bonds. The molecule has 0 bridgehead atoms. The van der Waals surface area contributed by atoms with E-state index >= 15 is 0 Å². The molecule has 11 nitrogen and oxygen atoms in total. The number of esters is 3. The smallest absolute Gasteiger partial charge is 0.332 e. The third-order valence-electron chi connectivity index (χ3n) is 14.5. The van der Waals surface area contributed by atoms with E-state index in [-0.39, 0.29) is 70.7 Å². The number of nitrogens with zero attached hydrogens (tertiary/aromatic N) is 1. The molecular formula is C37H59ClN2O9. The van der Waals surface area contributed by atoms with Gasteiger partial charge in [0, 0.05) is 5.41 Å². The van der Waals surface area contributed by atoms with Crippen molar-refractivity contribution in [1.82, 2.24) is 0 Å². The minimum Gasteiger partial charge on any atom is -0.462 e. The zero-order chi connectivity index (χ0) is 35.5. The van der Waals surface area contributed by atoms with Crippen LogP contribution in [0.25, 0.3) is 0 Å². The fourth-order valence-electron chi connectivity index (χ4n) is 11.6. The molecule has 0 saturated heterocycles. The number of fused-ring (bicyclic) bond motifs is 7. The number of nitrogens with two attached hydrogens (primary N) is 1. The minimum atomic E-state index is -0.965. The molecule has 278 valence electrons. The maximum atomic E-state index is 14.1. The van der Waals surface area contributed by atoms with E-state index in [1.54, 1.807) is 6.92 Å². The lowest BCUT2D eigenvalue weighted by molar-refractivity contribution is -0.754. The summed E-state index contributed by atoms with van der Waals surface area (Å²) < 4.78 is 16.9. The fraction of sp³-hybridized carbons (Fsp3) is 0.865. The summed E-state index contributed by atoms with van der Waals surface area (Å²) in [4.78, 5) is 53.3. The zero-order valence-electron chi connectivity index (χ0n) is 30.8. The van der Waals surface area contributed by atoms with Crippen LogP contribution >= 0.6 is 12.4 Å². The highest BCUT2D eigenvalue weighted by atomic mass is 35.5. The summed E-state index contributed by atoms with van der Waals surface area (Å²) in [5, 5.41) is 9.66. The third kappa shape index (κ3) is 6.60.